The zero-order valence-electron chi connectivity index (χ0n) is 7.31. The zero-order valence-corrected chi connectivity index (χ0v) is 7.31. The minimum absolute atomic E-state index is 0.906. The van der Waals surface area contributed by atoms with Crippen LogP contribution in [0.4, 0.5) is 0 Å². The molecule has 0 aromatic rings. The Morgan fingerprint density at radius 3 is 2.82 bits per heavy atom. The summed E-state index contributed by atoms with van der Waals surface area (Å²) in [5, 5.41) is 0. The monoisotopic (exact) mass is 150 g/mol. The summed E-state index contributed by atoms with van der Waals surface area (Å²) in [5.74, 6) is 2.34. The van der Waals surface area contributed by atoms with E-state index in [0.29, 0.717) is 0 Å². The highest BCUT2D eigenvalue weighted by Crippen LogP contribution is 2.63. The predicted molar refractivity (Wildman–Crippen MR) is 46.3 cm³/mol. The SMILES string of the molecule is C1CC[C@@]23CC[C@H](C[C@@H]2C1)C3. The number of rotatable bonds is 0. The molecule has 0 nitrogen and oxygen atoms in total. The third-order valence-corrected chi connectivity index (χ3v) is 4.71. The third kappa shape index (κ3) is 0.761. The molecule has 0 heterocycles. The lowest BCUT2D eigenvalue weighted by atomic mass is 9.66. The van der Waals surface area contributed by atoms with Crippen LogP contribution in [0.5, 0.6) is 0 Å². The van der Waals surface area contributed by atoms with Gasteiger partial charge in [0.1, 0.15) is 0 Å². The van der Waals surface area contributed by atoms with Crippen LogP contribution >= 0.6 is 0 Å². The van der Waals surface area contributed by atoms with Crippen LogP contribution < -0.4 is 0 Å². The third-order valence-electron chi connectivity index (χ3n) is 4.71. The molecule has 3 fully saturated rings. The smallest absolute Gasteiger partial charge is 0.0266 e. The summed E-state index contributed by atoms with van der Waals surface area (Å²) in [4.78, 5) is 0. The van der Waals surface area contributed by atoms with Crippen molar-refractivity contribution in [2.24, 2.45) is 17.3 Å². The maximum absolute atomic E-state index is 1.62. The van der Waals surface area contributed by atoms with Gasteiger partial charge in [0.25, 0.3) is 0 Å². The van der Waals surface area contributed by atoms with Crippen molar-refractivity contribution in [1.82, 2.24) is 0 Å². The molecular formula is C11H18. The van der Waals surface area contributed by atoms with Gasteiger partial charge in [-0.25, -0.2) is 0 Å². The van der Waals surface area contributed by atoms with Crippen LogP contribution in [0.1, 0.15) is 51.4 Å². The van der Waals surface area contributed by atoms with Gasteiger partial charge in [0, 0.05) is 0 Å². The van der Waals surface area contributed by atoms with E-state index in [9.17, 15) is 0 Å². The molecule has 1 spiro atoms. The molecule has 3 aliphatic carbocycles. The van der Waals surface area contributed by atoms with Crippen LogP contribution in [0.25, 0.3) is 0 Å². The van der Waals surface area contributed by atoms with Crippen molar-refractivity contribution in [3.63, 3.8) is 0 Å². The van der Waals surface area contributed by atoms with Crippen molar-refractivity contribution in [3.8, 4) is 0 Å². The molecule has 3 rings (SSSR count). The van der Waals surface area contributed by atoms with E-state index in [1.54, 1.807) is 51.4 Å². The summed E-state index contributed by atoms with van der Waals surface area (Å²) in [5.41, 5.74) is 0.906. The second kappa shape index (κ2) is 2.02. The molecule has 0 unspecified atom stereocenters. The van der Waals surface area contributed by atoms with Crippen LogP contribution in [-0.4, -0.2) is 0 Å². The summed E-state index contributed by atoms with van der Waals surface area (Å²) in [6.07, 6.45) is 12.7. The summed E-state index contributed by atoms with van der Waals surface area (Å²) in [7, 11) is 0. The van der Waals surface area contributed by atoms with Crippen molar-refractivity contribution in [1.29, 1.82) is 0 Å². The molecule has 0 saturated heterocycles. The van der Waals surface area contributed by atoms with Crippen molar-refractivity contribution in [2.45, 2.75) is 51.4 Å². The first-order chi connectivity index (χ1) is 5.39. The van der Waals surface area contributed by atoms with E-state index in [1.807, 2.05) is 0 Å². The standard InChI is InChI=1S/C11H18/c1-2-5-11-6-4-9(8-11)7-10(11)3-1/h9-10H,1-8H2/t9-,10+,11+/m1/s1. The van der Waals surface area contributed by atoms with Crippen molar-refractivity contribution < 1.29 is 0 Å². The highest BCUT2D eigenvalue weighted by atomic mass is 14.6. The summed E-state index contributed by atoms with van der Waals surface area (Å²) >= 11 is 0. The Morgan fingerprint density at radius 2 is 2.00 bits per heavy atom. The molecule has 2 bridgehead atoms. The molecule has 0 aromatic heterocycles. The van der Waals surface area contributed by atoms with Gasteiger partial charge in [-0.2, -0.15) is 0 Å². The fourth-order valence-corrected chi connectivity index (χ4v) is 4.22. The van der Waals surface area contributed by atoms with E-state index in [2.05, 4.69) is 0 Å². The first-order valence-corrected chi connectivity index (χ1v) is 5.39. The Hall–Kier alpha value is 0. The molecule has 0 radical (unpaired) electrons. The highest BCUT2D eigenvalue weighted by Gasteiger charge is 2.51. The molecule has 0 N–H and O–H groups in total. The second-order valence-corrected chi connectivity index (χ2v) is 5.15. The fraction of sp³-hybridized carbons (Fsp3) is 1.00. The normalized spacial score (nSPS) is 54.5. The Balaban J connectivity index is 1.91. The van der Waals surface area contributed by atoms with Crippen LogP contribution in [0.3, 0.4) is 0 Å². The summed E-state index contributed by atoms with van der Waals surface area (Å²) < 4.78 is 0. The quantitative estimate of drug-likeness (QED) is 0.496. The first kappa shape index (κ1) is 6.51. The largest absolute Gasteiger partial charge is 0.0530 e. The van der Waals surface area contributed by atoms with Gasteiger partial charge in [0.2, 0.25) is 0 Å². The second-order valence-electron chi connectivity index (χ2n) is 5.15. The van der Waals surface area contributed by atoms with Gasteiger partial charge in [0.15, 0.2) is 0 Å². The lowest BCUT2D eigenvalue weighted by Gasteiger charge is -2.39. The van der Waals surface area contributed by atoms with Gasteiger partial charge >= 0.3 is 0 Å². The topological polar surface area (TPSA) is 0 Å². The summed E-state index contributed by atoms with van der Waals surface area (Å²) in [6.45, 7) is 0. The average molecular weight is 150 g/mol. The summed E-state index contributed by atoms with van der Waals surface area (Å²) in [6, 6.07) is 0. The lowest BCUT2D eigenvalue weighted by molar-refractivity contribution is 0.119. The van der Waals surface area contributed by atoms with Crippen LogP contribution in [-0.2, 0) is 0 Å². The Labute approximate surface area is 69.4 Å². The molecule has 11 heavy (non-hydrogen) atoms. The van der Waals surface area contributed by atoms with Gasteiger partial charge in [-0.3, -0.25) is 0 Å². The first-order valence-electron chi connectivity index (χ1n) is 5.39. The number of hydrogen-bond donors (Lipinski definition) is 0. The van der Waals surface area contributed by atoms with Gasteiger partial charge < -0.3 is 0 Å². The fourth-order valence-electron chi connectivity index (χ4n) is 4.22. The maximum Gasteiger partial charge on any atom is -0.0266 e. The number of fused-ring (bicyclic) bond motifs is 1. The molecule has 3 atom stereocenters. The van der Waals surface area contributed by atoms with Crippen LogP contribution in [0.2, 0.25) is 0 Å². The predicted octanol–water partition coefficient (Wildman–Crippen LogP) is 3.37. The van der Waals surface area contributed by atoms with Crippen LogP contribution in [0.15, 0.2) is 0 Å². The molecular weight excluding hydrogens is 132 g/mol. The number of hydrogen-bond acceptors (Lipinski definition) is 0. The highest BCUT2D eigenvalue weighted by molar-refractivity contribution is 5.02. The van der Waals surface area contributed by atoms with E-state index in [0.717, 1.165) is 11.3 Å². The van der Waals surface area contributed by atoms with Crippen molar-refractivity contribution in [2.75, 3.05) is 0 Å². The van der Waals surface area contributed by atoms with E-state index in [1.165, 1.54) is 5.92 Å². The lowest BCUT2D eigenvalue weighted by Crippen LogP contribution is -2.28. The van der Waals surface area contributed by atoms with Crippen molar-refractivity contribution >= 4 is 0 Å². The van der Waals surface area contributed by atoms with Gasteiger partial charge in [-0.15, -0.1) is 0 Å². The molecule has 3 saturated carbocycles. The maximum atomic E-state index is 1.62. The molecule has 0 aliphatic heterocycles. The zero-order chi connectivity index (χ0) is 7.31. The molecule has 0 aromatic carbocycles. The Morgan fingerprint density at radius 1 is 1.00 bits per heavy atom. The Kier molecular flexibility index (Phi) is 1.20. The Bertz CT molecular complexity index is 173. The van der Waals surface area contributed by atoms with Gasteiger partial charge in [0.05, 0.1) is 0 Å². The van der Waals surface area contributed by atoms with E-state index < -0.39 is 0 Å². The minimum Gasteiger partial charge on any atom is -0.0530 e. The molecule has 3 aliphatic rings. The molecule has 0 amide bonds. The molecule has 62 valence electrons. The molecule has 0 heteroatoms. The average Bonchev–Trinajstić information content (AvgIpc) is 2.57. The van der Waals surface area contributed by atoms with E-state index >= 15 is 0 Å². The van der Waals surface area contributed by atoms with Crippen molar-refractivity contribution in [3.05, 3.63) is 0 Å². The van der Waals surface area contributed by atoms with Crippen LogP contribution in [0, 0.1) is 17.3 Å². The minimum atomic E-state index is 0.906. The van der Waals surface area contributed by atoms with Gasteiger partial charge in [-0.1, -0.05) is 12.8 Å². The van der Waals surface area contributed by atoms with Gasteiger partial charge in [-0.05, 0) is 55.8 Å². The van der Waals surface area contributed by atoms with E-state index in [-0.39, 0.29) is 0 Å². The van der Waals surface area contributed by atoms with E-state index in [4.69, 9.17) is 0 Å².